The smallest absolute Gasteiger partial charge is 0.387 e. The van der Waals surface area contributed by atoms with E-state index in [1.165, 1.54) is 12.1 Å². The van der Waals surface area contributed by atoms with Crippen LogP contribution < -0.4 is 10.1 Å². The van der Waals surface area contributed by atoms with Gasteiger partial charge in [0.15, 0.2) is 0 Å². The quantitative estimate of drug-likeness (QED) is 0.726. The molecule has 0 aromatic heterocycles. The van der Waals surface area contributed by atoms with Crippen LogP contribution in [-0.2, 0) is 4.74 Å². The fourth-order valence-electron chi connectivity index (χ4n) is 1.32. The highest BCUT2D eigenvalue weighted by molar-refractivity contribution is 5.50. The second-order valence-corrected chi connectivity index (χ2v) is 3.55. The van der Waals surface area contributed by atoms with Crippen molar-refractivity contribution in [3.05, 3.63) is 35.9 Å². The number of halogens is 2. The van der Waals surface area contributed by atoms with E-state index in [0.29, 0.717) is 6.61 Å². The summed E-state index contributed by atoms with van der Waals surface area (Å²) in [6, 6.07) is 6.49. The fraction of sp³-hybridized carbons (Fsp3) is 0.385. The molecule has 0 radical (unpaired) electrons. The minimum Gasteiger partial charge on any atom is -0.435 e. The molecule has 0 fully saturated rings. The highest BCUT2D eigenvalue weighted by Crippen LogP contribution is 2.15. The second-order valence-electron chi connectivity index (χ2n) is 3.55. The van der Waals surface area contributed by atoms with Crippen LogP contribution in [0.25, 0.3) is 6.08 Å². The van der Waals surface area contributed by atoms with Gasteiger partial charge in [0.25, 0.3) is 0 Å². The van der Waals surface area contributed by atoms with Crippen LogP contribution in [0.4, 0.5) is 8.78 Å². The van der Waals surface area contributed by atoms with Gasteiger partial charge in [0, 0.05) is 20.2 Å². The van der Waals surface area contributed by atoms with E-state index in [1.54, 1.807) is 19.2 Å². The van der Waals surface area contributed by atoms with Gasteiger partial charge >= 0.3 is 6.61 Å². The van der Waals surface area contributed by atoms with Crippen LogP contribution in [0, 0.1) is 0 Å². The molecule has 0 unspecified atom stereocenters. The minimum atomic E-state index is -2.78. The zero-order valence-electron chi connectivity index (χ0n) is 10.2. The molecule has 18 heavy (non-hydrogen) atoms. The van der Waals surface area contributed by atoms with E-state index >= 15 is 0 Å². The molecule has 0 aliphatic carbocycles. The average molecular weight is 257 g/mol. The predicted molar refractivity (Wildman–Crippen MR) is 66.9 cm³/mol. The van der Waals surface area contributed by atoms with Crippen LogP contribution in [0.5, 0.6) is 5.75 Å². The molecule has 0 spiro atoms. The van der Waals surface area contributed by atoms with Crippen LogP contribution in [-0.4, -0.2) is 33.4 Å². The average Bonchev–Trinajstić information content (AvgIpc) is 2.35. The van der Waals surface area contributed by atoms with Gasteiger partial charge in [0.2, 0.25) is 0 Å². The number of hydrogen-bond donors (Lipinski definition) is 1. The van der Waals surface area contributed by atoms with Crippen molar-refractivity contribution >= 4 is 6.08 Å². The number of nitrogens with one attached hydrogen (secondary N) is 1. The SMILES string of the molecule is COCCNCC=Cc1ccc(OC(F)F)cc1. The molecule has 0 heterocycles. The maximum absolute atomic E-state index is 11.9. The minimum absolute atomic E-state index is 0.167. The summed E-state index contributed by atoms with van der Waals surface area (Å²) in [5, 5.41) is 3.16. The number of ether oxygens (including phenoxy) is 2. The Kier molecular flexibility index (Phi) is 6.98. The predicted octanol–water partition coefficient (Wildman–Crippen LogP) is 2.54. The van der Waals surface area contributed by atoms with Crippen molar-refractivity contribution in [2.75, 3.05) is 26.8 Å². The lowest BCUT2D eigenvalue weighted by Crippen LogP contribution is -2.18. The molecule has 0 bridgehead atoms. The van der Waals surface area contributed by atoms with Crippen LogP contribution in [0.2, 0.25) is 0 Å². The Hall–Kier alpha value is -1.46. The van der Waals surface area contributed by atoms with Crippen LogP contribution in [0.1, 0.15) is 5.56 Å². The van der Waals surface area contributed by atoms with Gasteiger partial charge < -0.3 is 14.8 Å². The third-order valence-corrected chi connectivity index (χ3v) is 2.16. The fourth-order valence-corrected chi connectivity index (χ4v) is 1.32. The first kappa shape index (κ1) is 14.6. The zero-order valence-corrected chi connectivity index (χ0v) is 10.2. The largest absolute Gasteiger partial charge is 0.435 e. The first-order chi connectivity index (χ1) is 8.72. The van der Waals surface area contributed by atoms with E-state index in [9.17, 15) is 8.78 Å². The zero-order chi connectivity index (χ0) is 13.2. The summed E-state index contributed by atoms with van der Waals surface area (Å²) in [4.78, 5) is 0. The molecule has 1 aromatic carbocycles. The van der Waals surface area contributed by atoms with Crippen molar-refractivity contribution < 1.29 is 18.3 Å². The molecule has 3 nitrogen and oxygen atoms in total. The van der Waals surface area contributed by atoms with Crippen LogP contribution in [0.3, 0.4) is 0 Å². The van der Waals surface area contributed by atoms with Crippen LogP contribution >= 0.6 is 0 Å². The number of benzene rings is 1. The van der Waals surface area contributed by atoms with E-state index in [4.69, 9.17) is 4.74 Å². The first-order valence-corrected chi connectivity index (χ1v) is 5.63. The second kappa shape index (κ2) is 8.60. The van der Waals surface area contributed by atoms with Crippen molar-refractivity contribution in [1.82, 2.24) is 5.32 Å². The Morgan fingerprint density at radius 1 is 1.28 bits per heavy atom. The first-order valence-electron chi connectivity index (χ1n) is 5.63. The van der Waals surface area contributed by atoms with Gasteiger partial charge in [-0.25, -0.2) is 0 Å². The van der Waals surface area contributed by atoms with Gasteiger partial charge in [-0.1, -0.05) is 24.3 Å². The molecule has 5 heteroatoms. The van der Waals surface area contributed by atoms with E-state index < -0.39 is 6.61 Å². The molecule has 0 atom stereocenters. The maximum atomic E-state index is 11.9. The van der Waals surface area contributed by atoms with Gasteiger partial charge in [0.1, 0.15) is 5.75 Å². The molecule has 1 aromatic rings. The Bertz CT molecular complexity index is 353. The van der Waals surface area contributed by atoms with E-state index in [-0.39, 0.29) is 5.75 Å². The van der Waals surface area contributed by atoms with Crippen molar-refractivity contribution in [1.29, 1.82) is 0 Å². The topological polar surface area (TPSA) is 30.5 Å². The van der Waals surface area contributed by atoms with Gasteiger partial charge in [-0.15, -0.1) is 0 Å². The lowest BCUT2D eigenvalue weighted by molar-refractivity contribution is -0.0498. The Balaban J connectivity index is 2.32. The van der Waals surface area contributed by atoms with Gasteiger partial charge in [-0.3, -0.25) is 0 Å². The third-order valence-electron chi connectivity index (χ3n) is 2.16. The summed E-state index contributed by atoms with van der Waals surface area (Å²) in [5.41, 5.74) is 0.935. The molecule has 0 amide bonds. The van der Waals surface area contributed by atoms with Crippen molar-refractivity contribution in [3.63, 3.8) is 0 Å². The number of hydrogen-bond acceptors (Lipinski definition) is 3. The molecular formula is C13H17F2NO2. The Morgan fingerprint density at radius 3 is 2.61 bits per heavy atom. The highest BCUT2D eigenvalue weighted by atomic mass is 19.3. The molecule has 0 saturated carbocycles. The summed E-state index contributed by atoms with van der Waals surface area (Å²) in [6.45, 7) is -0.579. The summed E-state index contributed by atoms with van der Waals surface area (Å²) >= 11 is 0. The molecule has 0 aliphatic rings. The normalized spacial score (nSPS) is 11.3. The lowest BCUT2D eigenvalue weighted by atomic mass is 10.2. The van der Waals surface area contributed by atoms with E-state index in [1.807, 2.05) is 12.2 Å². The van der Waals surface area contributed by atoms with Gasteiger partial charge in [-0.2, -0.15) is 8.78 Å². The molecule has 100 valence electrons. The van der Waals surface area contributed by atoms with Gasteiger partial charge in [0.05, 0.1) is 6.61 Å². The van der Waals surface area contributed by atoms with E-state index in [2.05, 4.69) is 10.1 Å². The summed E-state index contributed by atoms with van der Waals surface area (Å²) in [5.74, 6) is 0.167. The maximum Gasteiger partial charge on any atom is 0.387 e. The van der Waals surface area contributed by atoms with E-state index in [0.717, 1.165) is 18.7 Å². The standard InChI is InChI=1S/C13H17F2NO2/c1-17-10-9-16-8-2-3-11-4-6-12(7-5-11)18-13(14)15/h2-7,13,16H,8-10H2,1H3. The highest BCUT2D eigenvalue weighted by Gasteiger charge is 2.02. The lowest BCUT2D eigenvalue weighted by Gasteiger charge is -2.03. The van der Waals surface area contributed by atoms with Crippen molar-refractivity contribution in [2.45, 2.75) is 6.61 Å². The Morgan fingerprint density at radius 2 is 2.00 bits per heavy atom. The number of methoxy groups -OCH3 is 1. The molecule has 1 N–H and O–H groups in total. The molecule has 1 rings (SSSR count). The summed E-state index contributed by atoms with van der Waals surface area (Å²) in [7, 11) is 1.65. The van der Waals surface area contributed by atoms with Crippen LogP contribution in [0.15, 0.2) is 30.3 Å². The summed E-state index contributed by atoms with van der Waals surface area (Å²) < 4.78 is 33.0. The third kappa shape index (κ3) is 6.32. The Labute approximate surface area is 105 Å². The molecule has 0 saturated heterocycles. The van der Waals surface area contributed by atoms with Gasteiger partial charge in [-0.05, 0) is 17.7 Å². The number of rotatable bonds is 8. The molecular weight excluding hydrogens is 240 g/mol. The van der Waals surface area contributed by atoms with Crippen molar-refractivity contribution in [3.8, 4) is 5.75 Å². The monoisotopic (exact) mass is 257 g/mol. The number of alkyl halides is 2. The summed E-state index contributed by atoms with van der Waals surface area (Å²) in [6.07, 6.45) is 3.87. The van der Waals surface area contributed by atoms with Crippen molar-refractivity contribution in [2.24, 2.45) is 0 Å². The molecule has 0 aliphatic heterocycles.